The number of carbonyl (C=O) groups excluding carboxylic acids is 2. The van der Waals surface area contributed by atoms with E-state index >= 15 is 0 Å². The minimum Gasteiger partial charge on any atom is -0.444 e. The summed E-state index contributed by atoms with van der Waals surface area (Å²) in [4.78, 5) is 27.3. The molecule has 1 amide bonds. The molecule has 3 rings (SSSR count). The molecule has 5 nitrogen and oxygen atoms in total. The van der Waals surface area contributed by atoms with Gasteiger partial charge < -0.3 is 9.47 Å². The molecule has 1 heterocycles. The molecule has 0 unspecified atom stereocenters. The number of piperidine rings is 1. The number of rotatable bonds is 6. The molecule has 154 valence electrons. The van der Waals surface area contributed by atoms with Gasteiger partial charge in [0.05, 0.1) is 17.7 Å². The lowest BCUT2D eigenvalue weighted by Gasteiger charge is -2.29. The quantitative estimate of drug-likeness (QED) is 0.696. The van der Waals surface area contributed by atoms with E-state index in [-0.39, 0.29) is 35.1 Å². The number of carbonyl (C=O) groups is 2. The van der Waals surface area contributed by atoms with Crippen LogP contribution in [0.1, 0.15) is 45.6 Å². The fourth-order valence-corrected chi connectivity index (χ4v) is 4.34. The van der Waals surface area contributed by atoms with Crippen molar-refractivity contribution in [3.05, 3.63) is 34.6 Å². The predicted octanol–water partition coefficient (Wildman–Crippen LogP) is 4.40. The first-order valence-corrected chi connectivity index (χ1v) is 9.91. The number of ether oxygens (including phenoxy) is 2. The number of Topliss-reactive ketones (excluding diaryl/α,β-unsaturated/α-hetero) is 1. The Kier molecular flexibility index (Phi) is 5.74. The van der Waals surface area contributed by atoms with Crippen LogP contribution in [0, 0.1) is 11.2 Å². The molecule has 0 aromatic heterocycles. The van der Waals surface area contributed by atoms with Crippen LogP contribution in [0.3, 0.4) is 0 Å². The number of nitrogens with zero attached hydrogens (tertiary/aromatic N) is 1. The zero-order valence-corrected chi connectivity index (χ0v) is 17.5. The Morgan fingerprint density at radius 3 is 2.68 bits per heavy atom. The summed E-state index contributed by atoms with van der Waals surface area (Å²) in [5, 5.41) is 0.0430. The standard InChI is InChI=1S/C21H27ClFNO4/c1-20(2,3)28-19(26)24-15(10-21(12-27-4)11-17(21)24)16(25)9-8-13-6-5-7-14(22)18(13)23/h5-7,15,17H,8-12H2,1-4H3/t15-,17+,21-/m0/s1. The number of methoxy groups -OCH3 is 1. The lowest BCUT2D eigenvalue weighted by atomic mass is 9.95. The first-order chi connectivity index (χ1) is 13.1. The fourth-order valence-electron chi connectivity index (χ4n) is 4.15. The Morgan fingerprint density at radius 1 is 1.32 bits per heavy atom. The first-order valence-electron chi connectivity index (χ1n) is 9.54. The zero-order valence-electron chi connectivity index (χ0n) is 16.8. The Balaban J connectivity index is 1.73. The van der Waals surface area contributed by atoms with E-state index in [0.29, 0.717) is 18.6 Å². The molecule has 0 N–H and O–H groups in total. The molecule has 2 fully saturated rings. The van der Waals surface area contributed by atoms with Crippen molar-refractivity contribution < 1.29 is 23.5 Å². The first kappa shape index (κ1) is 21.1. The SMILES string of the molecule is COC[C@@]12C[C@@H](C(=O)CCc3cccc(Cl)c3F)N(C(=O)OC(C)(C)C)[C@@H]1C2. The van der Waals surface area contributed by atoms with Gasteiger partial charge in [0.1, 0.15) is 11.4 Å². The average Bonchev–Trinajstić information content (AvgIpc) is 3.18. The minimum atomic E-state index is -0.643. The number of amides is 1. The van der Waals surface area contributed by atoms with Crippen LogP contribution in [0.2, 0.25) is 5.02 Å². The highest BCUT2D eigenvalue weighted by atomic mass is 35.5. The summed E-state index contributed by atoms with van der Waals surface area (Å²) >= 11 is 5.82. The molecular formula is C21H27ClFNO4. The largest absolute Gasteiger partial charge is 0.444 e. The van der Waals surface area contributed by atoms with Crippen LogP contribution in [0.4, 0.5) is 9.18 Å². The molecule has 1 saturated carbocycles. The van der Waals surface area contributed by atoms with Crippen LogP contribution in [-0.2, 0) is 20.7 Å². The number of ketones is 1. The maximum atomic E-state index is 14.1. The molecule has 1 aromatic carbocycles. The van der Waals surface area contributed by atoms with E-state index in [9.17, 15) is 14.0 Å². The lowest BCUT2D eigenvalue weighted by Crippen LogP contribution is -2.45. The Bertz CT molecular complexity index is 778. The summed E-state index contributed by atoms with van der Waals surface area (Å²) in [5.74, 6) is -0.584. The van der Waals surface area contributed by atoms with E-state index in [2.05, 4.69) is 0 Å². The van der Waals surface area contributed by atoms with Gasteiger partial charge in [-0.25, -0.2) is 9.18 Å². The van der Waals surface area contributed by atoms with Crippen molar-refractivity contribution in [2.24, 2.45) is 5.41 Å². The normalized spacial score (nSPS) is 26.1. The number of fused-ring (bicyclic) bond motifs is 1. The minimum absolute atomic E-state index is 0.0424. The van der Waals surface area contributed by atoms with Crippen LogP contribution in [0.5, 0.6) is 0 Å². The summed E-state index contributed by atoms with van der Waals surface area (Å²) in [6.07, 6.45) is 1.28. The van der Waals surface area contributed by atoms with Crippen molar-refractivity contribution in [3.8, 4) is 0 Å². The fraction of sp³-hybridized carbons (Fsp3) is 0.619. The smallest absolute Gasteiger partial charge is 0.411 e. The molecule has 0 bridgehead atoms. The highest BCUT2D eigenvalue weighted by Gasteiger charge is 2.67. The number of hydrogen-bond donors (Lipinski definition) is 0. The van der Waals surface area contributed by atoms with Gasteiger partial charge in [0.2, 0.25) is 0 Å². The van der Waals surface area contributed by atoms with Crippen molar-refractivity contribution in [2.75, 3.05) is 13.7 Å². The molecule has 7 heteroatoms. The zero-order chi connectivity index (χ0) is 20.7. The maximum absolute atomic E-state index is 14.1. The molecule has 28 heavy (non-hydrogen) atoms. The van der Waals surface area contributed by atoms with Crippen LogP contribution in [0.15, 0.2) is 18.2 Å². The highest BCUT2D eigenvalue weighted by Crippen LogP contribution is 2.60. The van der Waals surface area contributed by atoms with E-state index < -0.39 is 23.6 Å². The summed E-state index contributed by atoms with van der Waals surface area (Å²) in [6.45, 7) is 5.91. The van der Waals surface area contributed by atoms with Crippen molar-refractivity contribution >= 4 is 23.5 Å². The topological polar surface area (TPSA) is 55.8 Å². The summed E-state index contributed by atoms with van der Waals surface area (Å²) < 4.78 is 25.0. The molecule has 1 aliphatic heterocycles. The Morgan fingerprint density at radius 2 is 2.04 bits per heavy atom. The number of benzene rings is 1. The van der Waals surface area contributed by atoms with Crippen molar-refractivity contribution in [2.45, 2.75) is 64.1 Å². The summed E-state index contributed by atoms with van der Waals surface area (Å²) in [5.41, 5.74) is -0.414. The van der Waals surface area contributed by atoms with Crippen molar-refractivity contribution in [3.63, 3.8) is 0 Å². The van der Waals surface area contributed by atoms with Crippen LogP contribution >= 0.6 is 11.6 Å². The van der Waals surface area contributed by atoms with Crippen LogP contribution in [0.25, 0.3) is 0 Å². The van der Waals surface area contributed by atoms with Gasteiger partial charge in [-0.05, 0) is 51.7 Å². The van der Waals surface area contributed by atoms with Crippen LogP contribution < -0.4 is 0 Å². The van der Waals surface area contributed by atoms with Crippen molar-refractivity contribution in [1.82, 2.24) is 4.90 Å². The Labute approximate surface area is 170 Å². The molecule has 2 aliphatic rings. The van der Waals surface area contributed by atoms with Gasteiger partial charge in [-0.15, -0.1) is 0 Å². The van der Waals surface area contributed by atoms with Gasteiger partial charge in [-0.1, -0.05) is 23.7 Å². The molecule has 1 saturated heterocycles. The third kappa shape index (κ3) is 4.18. The van der Waals surface area contributed by atoms with E-state index in [1.54, 1.807) is 44.9 Å². The number of hydrogen-bond acceptors (Lipinski definition) is 4. The summed E-state index contributed by atoms with van der Waals surface area (Å²) in [6, 6.07) is 4.16. The van der Waals surface area contributed by atoms with Crippen LogP contribution in [-0.4, -0.2) is 48.2 Å². The molecule has 3 atom stereocenters. The number of aryl methyl sites for hydroxylation is 1. The van der Waals surface area contributed by atoms with Crippen molar-refractivity contribution in [1.29, 1.82) is 0 Å². The second-order valence-corrected chi connectivity index (χ2v) is 9.21. The Hall–Kier alpha value is -1.66. The van der Waals surface area contributed by atoms with E-state index in [4.69, 9.17) is 21.1 Å². The van der Waals surface area contributed by atoms with E-state index in [1.807, 2.05) is 0 Å². The third-order valence-electron chi connectivity index (χ3n) is 5.50. The molecule has 0 spiro atoms. The van der Waals surface area contributed by atoms with Gasteiger partial charge in [0, 0.05) is 25.0 Å². The molecule has 1 aliphatic carbocycles. The highest BCUT2D eigenvalue weighted by molar-refractivity contribution is 6.30. The summed E-state index contributed by atoms with van der Waals surface area (Å²) in [7, 11) is 1.62. The monoisotopic (exact) mass is 411 g/mol. The van der Waals surface area contributed by atoms with Gasteiger partial charge in [0.25, 0.3) is 0 Å². The second kappa shape index (κ2) is 7.64. The molecule has 0 radical (unpaired) electrons. The lowest BCUT2D eigenvalue weighted by molar-refractivity contribution is -0.124. The van der Waals surface area contributed by atoms with Gasteiger partial charge in [-0.3, -0.25) is 9.69 Å². The third-order valence-corrected chi connectivity index (χ3v) is 5.79. The molecule has 1 aromatic rings. The van der Waals surface area contributed by atoms with Gasteiger partial charge in [-0.2, -0.15) is 0 Å². The average molecular weight is 412 g/mol. The van der Waals surface area contributed by atoms with E-state index in [1.165, 1.54) is 6.07 Å². The maximum Gasteiger partial charge on any atom is 0.411 e. The van der Waals surface area contributed by atoms with Gasteiger partial charge in [0.15, 0.2) is 5.78 Å². The number of halogens is 2. The van der Waals surface area contributed by atoms with Gasteiger partial charge >= 0.3 is 6.09 Å². The second-order valence-electron chi connectivity index (χ2n) is 8.80. The van der Waals surface area contributed by atoms with E-state index in [0.717, 1.165) is 6.42 Å². The number of likely N-dealkylation sites (tertiary alicyclic amines) is 1. The predicted molar refractivity (Wildman–Crippen MR) is 104 cm³/mol. The molecular weight excluding hydrogens is 385 g/mol.